The van der Waals surface area contributed by atoms with E-state index in [1.807, 2.05) is 91.2 Å². The monoisotopic (exact) mass is 689 g/mol. The summed E-state index contributed by atoms with van der Waals surface area (Å²) in [7, 11) is 1.82. The molecule has 10 nitrogen and oxygen atoms in total. The molecule has 11 heteroatoms. The summed E-state index contributed by atoms with van der Waals surface area (Å²) in [5, 5.41) is 12.7. The molecule has 0 atom stereocenters. The van der Waals surface area contributed by atoms with Crippen LogP contribution >= 0.6 is 11.3 Å². The van der Waals surface area contributed by atoms with Gasteiger partial charge in [-0.05, 0) is 48.4 Å². The molecule has 0 bridgehead atoms. The van der Waals surface area contributed by atoms with Crippen molar-refractivity contribution < 1.29 is 14.1 Å². The summed E-state index contributed by atoms with van der Waals surface area (Å²) < 4.78 is 14.3. The van der Waals surface area contributed by atoms with Gasteiger partial charge in [0.25, 0.3) is 0 Å². The van der Waals surface area contributed by atoms with Gasteiger partial charge in [0.2, 0.25) is 6.41 Å². The summed E-state index contributed by atoms with van der Waals surface area (Å²) in [5.74, 6) is 8.83. The Kier molecular flexibility index (Phi) is 18.0. The fourth-order valence-corrected chi connectivity index (χ4v) is 5.50. The minimum atomic E-state index is 0.0437. The molecule has 1 amide bonds. The molecule has 0 saturated carbocycles. The van der Waals surface area contributed by atoms with Crippen LogP contribution in [0.3, 0.4) is 0 Å². The van der Waals surface area contributed by atoms with Crippen LogP contribution in [0.4, 0.5) is 11.5 Å². The van der Waals surface area contributed by atoms with Gasteiger partial charge in [-0.1, -0.05) is 84.7 Å². The first-order chi connectivity index (χ1) is 23.8. The van der Waals surface area contributed by atoms with Crippen molar-refractivity contribution in [3.63, 3.8) is 0 Å². The Morgan fingerprint density at radius 2 is 1.69 bits per heavy atom. The van der Waals surface area contributed by atoms with E-state index < -0.39 is 0 Å². The highest BCUT2D eigenvalue weighted by molar-refractivity contribution is 7.23. The summed E-state index contributed by atoms with van der Waals surface area (Å²) in [6.07, 6.45) is 2.62. The van der Waals surface area contributed by atoms with E-state index in [1.165, 1.54) is 0 Å². The van der Waals surface area contributed by atoms with Crippen LogP contribution in [0.5, 0.6) is 5.75 Å². The topological polar surface area (TPSA) is 109 Å². The SMILES string of the molecule is CC.CC.CC.CNc1cc(C(C)(C)C)on1.O=CNc1ccc(C#Cc2cn3c(n2)sc2cc(OCCN4CCNCC4)ccc23)cc1. The Bertz CT molecular complexity index is 1720. The molecule has 1 aliphatic heterocycles. The highest BCUT2D eigenvalue weighted by atomic mass is 32.1. The molecular formula is C38H55N7O3S. The van der Waals surface area contributed by atoms with E-state index >= 15 is 0 Å². The molecule has 0 unspecified atom stereocenters. The first kappa shape index (κ1) is 40.8. The molecule has 0 aliphatic carbocycles. The van der Waals surface area contributed by atoms with Gasteiger partial charge in [-0.15, -0.1) is 0 Å². The zero-order valence-corrected chi connectivity index (χ0v) is 31.8. The van der Waals surface area contributed by atoms with Crippen molar-refractivity contribution in [2.45, 2.75) is 67.7 Å². The number of carbonyl (C=O) groups excluding carboxylic acids is 1. The number of hydrogen-bond acceptors (Lipinski definition) is 9. The average molecular weight is 690 g/mol. The van der Waals surface area contributed by atoms with Crippen molar-refractivity contribution >= 4 is 44.4 Å². The molecule has 4 heterocycles. The van der Waals surface area contributed by atoms with Gasteiger partial charge in [-0.3, -0.25) is 14.1 Å². The third kappa shape index (κ3) is 12.5. The van der Waals surface area contributed by atoms with E-state index in [4.69, 9.17) is 9.26 Å². The number of anilines is 2. The number of rotatable bonds is 7. The lowest BCUT2D eigenvalue weighted by Crippen LogP contribution is -2.44. The number of thiazole rings is 1. The Labute approximate surface area is 296 Å². The quantitative estimate of drug-likeness (QED) is 0.117. The Balaban J connectivity index is 0.000000412. The normalized spacial score (nSPS) is 12.3. The predicted molar refractivity (Wildman–Crippen MR) is 206 cm³/mol. The number of amides is 1. The largest absolute Gasteiger partial charge is 0.492 e. The lowest BCUT2D eigenvalue weighted by atomic mass is 9.93. The molecule has 1 saturated heterocycles. The summed E-state index contributed by atoms with van der Waals surface area (Å²) >= 11 is 1.63. The van der Waals surface area contributed by atoms with Crippen LogP contribution in [0.25, 0.3) is 15.2 Å². The predicted octanol–water partition coefficient (Wildman–Crippen LogP) is 7.89. The molecule has 0 radical (unpaired) electrons. The van der Waals surface area contributed by atoms with Gasteiger partial charge in [-0.2, -0.15) is 0 Å². The molecule has 1 aliphatic rings. The number of nitrogens with one attached hydrogen (secondary N) is 3. The third-order valence-electron chi connectivity index (χ3n) is 6.90. The van der Waals surface area contributed by atoms with Crippen molar-refractivity contribution in [1.29, 1.82) is 0 Å². The highest BCUT2D eigenvalue weighted by Crippen LogP contribution is 2.30. The van der Waals surface area contributed by atoms with Crippen molar-refractivity contribution in [2.24, 2.45) is 0 Å². The van der Waals surface area contributed by atoms with E-state index in [1.54, 1.807) is 11.3 Å². The number of hydrogen-bond donors (Lipinski definition) is 3. The number of benzene rings is 2. The summed E-state index contributed by atoms with van der Waals surface area (Å²) in [4.78, 5) is 18.5. The molecule has 0 spiro atoms. The van der Waals surface area contributed by atoms with Crippen molar-refractivity contribution in [3.05, 3.63) is 71.7 Å². The molecular weight excluding hydrogens is 635 g/mol. The number of imidazole rings is 1. The average Bonchev–Trinajstić information content (AvgIpc) is 3.87. The molecule has 3 aromatic heterocycles. The van der Waals surface area contributed by atoms with Gasteiger partial charge in [0, 0.05) is 68.7 Å². The Morgan fingerprint density at radius 3 is 2.29 bits per heavy atom. The number of piperazine rings is 1. The molecule has 2 aromatic carbocycles. The fourth-order valence-electron chi connectivity index (χ4n) is 4.46. The van der Waals surface area contributed by atoms with Gasteiger partial charge in [0.05, 0.1) is 10.2 Å². The zero-order valence-electron chi connectivity index (χ0n) is 30.9. The minimum Gasteiger partial charge on any atom is -0.492 e. The van der Waals surface area contributed by atoms with E-state index in [-0.39, 0.29) is 5.41 Å². The molecule has 6 rings (SSSR count). The van der Waals surface area contributed by atoms with Gasteiger partial charge in [0.1, 0.15) is 23.8 Å². The van der Waals surface area contributed by atoms with Gasteiger partial charge < -0.3 is 25.2 Å². The number of fused-ring (bicyclic) bond motifs is 3. The minimum absolute atomic E-state index is 0.0437. The van der Waals surface area contributed by atoms with Crippen LogP contribution in [-0.4, -0.2) is 72.2 Å². The smallest absolute Gasteiger partial charge is 0.211 e. The Morgan fingerprint density at radius 1 is 1.00 bits per heavy atom. The van der Waals surface area contributed by atoms with Crippen LogP contribution in [-0.2, 0) is 10.2 Å². The van der Waals surface area contributed by atoms with Gasteiger partial charge in [-0.25, -0.2) is 4.98 Å². The number of nitrogens with zero attached hydrogens (tertiary/aromatic N) is 4. The first-order valence-electron chi connectivity index (χ1n) is 17.3. The number of ether oxygens (including phenoxy) is 1. The lowest BCUT2D eigenvalue weighted by Gasteiger charge is -2.26. The molecule has 3 N–H and O–H groups in total. The lowest BCUT2D eigenvalue weighted by molar-refractivity contribution is -0.105. The summed E-state index contributed by atoms with van der Waals surface area (Å²) in [6.45, 7) is 24.2. The second-order valence-electron chi connectivity index (χ2n) is 11.1. The second kappa shape index (κ2) is 21.6. The van der Waals surface area contributed by atoms with Crippen molar-refractivity contribution in [2.75, 3.05) is 57.0 Å². The maximum Gasteiger partial charge on any atom is 0.211 e. The van der Waals surface area contributed by atoms with E-state index in [9.17, 15) is 4.79 Å². The van der Waals surface area contributed by atoms with Crippen LogP contribution in [0.2, 0.25) is 0 Å². The standard InChI is InChI=1S/C24H23N5O2S.C8H14N2O.3C2H6/c30-17-26-19-4-1-18(2-5-19)3-6-20-16-29-22-8-7-21(15-23(22)32-24(29)27-20)31-14-13-28-11-9-25-10-12-28;1-8(2,3)6-5-7(9-4)10-11-6;3*1-2/h1-2,4-5,7-8,15-17,25H,9-14H2,(H,26,30);5H,1-4H3,(H,9,10);3*1-2H3. The van der Waals surface area contributed by atoms with E-state index in [0.717, 1.165) is 82.2 Å². The van der Waals surface area contributed by atoms with Gasteiger partial charge in [0.15, 0.2) is 10.8 Å². The molecule has 49 heavy (non-hydrogen) atoms. The molecule has 5 aromatic rings. The van der Waals surface area contributed by atoms with Crippen molar-refractivity contribution in [3.8, 4) is 17.6 Å². The third-order valence-corrected chi connectivity index (χ3v) is 7.92. The van der Waals surface area contributed by atoms with Crippen LogP contribution < -0.4 is 20.7 Å². The maximum atomic E-state index is 10.5. The first-order valence-corrected chi connectivity index (χ1v) is 18.1. The molecule has 266 valence electrons. The van der Waals surface area contributed by atoms with Crippen LogP contribution in [0, 0.1) is 11.8 Å². The van der Waals surface area contributed by atoms with E-state index in [0.29, 0.717) is 13.0 Å². The van der Waals surface area contributed by atoms with Crippen molar-refractivity contribution in [1.82, 2.24) is 24.8 Å². The van der Waals surface area contributed by atoms with Crippen LogP contribution in [0.1, 0.15) is 79.3 Å². The fraction of sp³-hybridized carbons (Fsp3) is 0.447. The maximum absolute atomic E-state index is 10.5. The number of aromatic nitrogens is 3. The molecule has 1 fully saturated rings. The Hall–Kier alpha value is -4.37. The highest BCUT2D eigenvalue weighted by Gasteiger charge is 2.19. The van der Waals surface area contributed by atoms with Crippen LogP contribution in [0.15, 0.2) is 59.3 Å². The summed E-state index contributed by atoms with van der Waals surface area (Å²) in [5.41, 5.74) is 3.48. The van der Waals surface area contributed by atoms with Gasteiger partial charge >= 0.3 is 0 Å². The second-order valence-corrected chi connectivity index (χ2v) is 12.1. The van der Waals surface area contributed by atoms with E-state index in [2.05, 4.69) is 80.1 Å². The summed E-state index contributed by atoms with van der Waals surface area (Å²) in [6, 6.07) is 15.5. The number of carbonyl (C=O) groups is 1. The zero-order chi connectivity index (χ0) is 36.2.